The molecule has 0 fully saturated rings. The molecule has 2 rings (SSSR count). The molecule has 1 heterocycles. The fraction of sp³-hybridized carbons (Fsp3) is 0.250. The van der Waals surface area contributed by atoms with Gasteiger partial charge in [0.2, 0.25) is 0 Å². The first-order valence-corrected chi connectivity index (χ1v) is 5.30. The van der Waals surface area contributed by atoms with E-state index >= 15 is 0 Å². The Morgan fingerprint density at radius 1 is 1.24 bits per heavy atom. The molecule has 0 aliphatic heterocycles. The molecular formula is C12H13F2N3. The lowest BCUT2D eigenvalue weighted by atomic mass is 10.1. The summed E-state index contributed by atoms with van der Waals surface area (Å²) in [7, 11) is 0. The van der Waals surface area contributed by atoms with Crippen molar-refractivity contribution < 1.29 is 8.78 Å². The van der Waals surface area contributed by atoms with Crippen LogP contribution >= 0.6 is 0 Å². The Morgan fingerprint density at radius 2 is 1.94 bits per heavy atom. The van der Waals surface area contributed by atoms with E-state index in [1.807, 2.05) is 30.3 Å². The summed E-state index contributed by atoms with van der Waals surface area (Å²) in [5, 5.41) is 6.80. The standard InChI is InChI=1S/C12H13F2N3/c13-12(14)10(15)6-9-7-11(17-16-9)8-4-2-1-3-5-8/h1-5,7,10,12H,6,15H2,(H,16,17). The van der Waals surface area contributed by atoms with Crippen LogP contribution in [0.1, 0.15) is 5.69 Å². The molecule has 0 saturated carbocycles. The highest BCUT2D eigenvalue weighted by Gasteiger charge is 2.16. The highest BCUT2D eigenvalue weighted by molar-refractivity contribution is 5.58. The van der Waals surface area contributed by atoms with E-state index in [1.54, 1.807) is 6.07 Å². The van der Waals surface area contributed by atoms with Gasteiger partial charge in [-0.25, -0.2) is 8.78 Å². The van der Waals surface area contributed by atoms with E-state index < -0.39 is 12.5 Å². The molecule has 0 spiro atoms. The molecule has 3 nitrogen and oxygen atoms in total. The van der Waals surface area contributed by atoms with Crippen LogP contribution in [0.4, 0.5) is 8.78 Å². The number of hydrogen-bond acceptors (Lipinski definition) is 2. The third-order valence-corrected chi connectivity index (χ3v) is 2.48. The van der Waals surface area contributed by atoms with Crippen LogP contribution in [0.5, 0.6) is 0 Å². The lowest BCUT2D eigenvalue weighted by Crippen LogP contribution is -2.31. The van der Waals surface area contributed by atoms with Crippen LogP contribution in [0.15, 0.2) is 36.4 Å². The van der Waals surface area contributed by atoms with E-state index in [1.165, 1.54) is 0 Å². The van der Waals surface area contributed by atoms with Gasteiger partial charge in [0.15, 0.2) is 0 Å². The maximum absolute atomic E-state index is 12.3. The van der Waals surface area contributed by atoms with Gasteiger partial charge in [-0.3, -0.25) is 5.10 Å². The number of rotatable bonds is 4. The van der Waals surface area contributed by atoms with Gasteiger partial charge in [-0.2, -0.15) is 5.10 Å². The molecular weight excluding hydrogens is 224 g/mol. The lowest BCUT2D eigenvalue weighted by Gasteiger charge is -2.07. The van der Waals surface area contributed by atoms with Crippen molar-refractivity contribution in [2.45, 2.75) is 18.9 Å². The monoisotopic (exact) mass is 237 g/mol. The number of nitrogens with two attached hydrogens (primary N) is 1. The summed E-state index contributed by atoms with van der Waals surface area (Å²) in [5.41, 5.74) is 7.60. The second kappa shape index (κ2) is 5.05. The van der Waals surface area contributed by atoms with Gasteiger partial charge < -0.3 is 5.73 Å². The maximum Gasteiger partial charge on any atom is 0.253 e. The smallest absolute Gasteiger partial charge is 0.253 e. The first-order chi connectivity index (χ1) is 8.16. The van der Waals surface area contributed by atoms with Crippen LogP contribution in [-0.2, 0) is 6.42 Å². The Bertz CT molecular complexity index is 468. The van der Waals surface area contributed by atoms with E-state index in [9.17, 15) is 8.78 Å². The van der Waals surface area contributed by atoms with E-state index in [2.05, 4.69) is 10.2 Å². The fourth-order valence-electron chi connectivity index (χ4n) is 1.57. The highest BCUT2D eigenvalue weighted by Crippen LogP contribution is 2.17. The second-order valence-electron chi connectivity index (χ2n) is 3.85. The van der Waals surface area contributed by atoms with Crippen LogP contribution in [0, 0.1) is 0 Å². The van der Waals surface area contributed by atoms with Gasteiger partial charge >= 0.3 is 0 Å². The minimum absolute atomic E-state index is 0.0947. The molecule has 1 atom stereocenters. The summed E-state index contributed by atoms with van der Waals surface area (Å²) in [6, 6.07) is 10.1. The molecule has 0 saturated heterocycles. The van der Waals surface area contributed by atoms with Crippen molar-refractivity contribution in [3.8, 4) is 11.3 Å². The van der Waals surface area contributed by atoms with E-state index in [0.717, 1.165) is 11.3 Å². The van der Waals surface area contributed by atoms with Crippen LogP contribution < -0.4 is 5.73 Å². The van der Waals surface area contributed by atoms with Crippen molar-refractivity contribution in [3.63, 3.8) is 0 Å². The molecule has 0 aliphatic rings. The molecule has 2 aromatic rings. The minimum atomic E-state index is -2.52. The third kappa shape index (κ3) is 2.88. The zero-order valence-corrected chi connectivity index (χ0v) is 9.11. The van der Waals surface area contributed by atoms with Crippen LogP contribution in [0.3, 0.4) is 0 Å². The molecule has 5 heteroatoms. The number of nitrogens with zero attached hydrogens (tertiary/aromatic N) is 1. The van der Waals surface area contributed by atoms with Crippen molar-refractivity contribution in [1.82, 2.24) is 10.2 Å². The quantitative estimate of drug-likeness (QED) is 0.856. The Morgan fingerprint density at radius 3 is 2.59 bits per heavy atom. The van der Waals surface area contributed by atoms with Gasteiger partial charge in [0.25, 0.3) is 6.43 Å². The normalized spacial score (nSPS) is 12.9. The third-order valence-electron chi connectivity index (χ3n) is 2.48. The number of halogens is 2. The van der Waals surface area contributed by atoms with Crippen molar-refractivity contribution in [2.24, 2.45) is 5.73 Å². The number of aromatic nitrogens is 2. The van der Waals surface area contributed by atoms with Crippen molar-refractivity contribution in [2.75, 3.05) is 0 Å². The predicted octanol–water partition coefficient (Wildman–Crippen LogP) is 2.21. The molecule has 1 unspecified atom stereocenters. The number of benzene rings is 1. The summed E-state index contributed by atoms with van der Waals surface area (Å²) in [6.45, 7) is 0. The molecule has 90 valence electrons. The molecule has 17 heavy (non-hydrogen) atoms. The average molecular weight is 237 g/mol. The van der Waals surface area contributed by atoms with Gasteiger partial charge in [-0.05, 0) is 6.07 Å². The largest absolute Gasteiger partial charge is 0.323 e. The summed E-state index contributed by atoms with van der Waals surface area (Å²) < 4.78 is 24.6. The zero-order chi connectivity index (χ0) is 12.3. The molecule has 3 N–H and O–H groups in total. The van der Waals surface area contributed by atoms with E-state index in [0.29, 0.717) is 5.69 Å². The molecule has 0 radical (unpaired) electrons. The van der Waals surface area contributed by atoms with Crippen LogP contribution in [0.2, 0.25) is 0 Å². The Balaban J connectivity index is 2.12. The van der Waals surface area contributed by atoms with E-state index in [-0.39, 0.29) is 6.42 Å². The number of hydrogen-bond donors (Lipinski definition) is 2. The van der Waals surface area contributed by atoms with Gasteiger partial charge in [0, 0.05) is 17.7 Å². The molecule has 0 amide bonds. The molecule has 1 aromatic carbocycles. The van der Waals surface area contributed by atoms with Crippen molar-refractivity contribution in [1.29, 1.82) is 0 Å². The number of H-pyrrole nitrogens is 1. The highest BCUT2D eigenvalue weighted by atomic mass is 19.3. The van der Waals surface area contributed by atoms with Gasteiger partial charge in [-0.1, -0.05) is 30.3 Å². The summed E-state index contributed by atoms with van der Waals surface area (Å²) >= 11 is 0. The number of alkyl halides is 2. The Labute approximate surface area is 97.7 Å². The molecule has 1 aromatic heterocycles. The molecule has 0 bridgehead atoms. The first kappa shape index (κ1) is 11.7. The summed E-state index contributed by atoms with van der Waals surface area (Å²) in [5.74, 6) is 0. The maximum atomic E-state index is 12.3. The van der Waals surface area contributed by atoms with Gasteiger partial charge in [-0.15, -0.1) is 0 Å². The summed E-state index contributed by atoms with van der Waals surface area (Å²) in [4.78, 5) is 0. The summed E-state index contributed by atoms with van der Waals surface area (Å²) in [6.07, 6.45) is -2.42. The lowest BCUT2D eigenvalue weighted by molar-refractivity contribution is 0.115. The van der Waals surface area contributed by atoms with Gasteiger partial charge in [0.05, 0.1) is 11.7 Å². The van der Waals surface area contributed by atoms with Crippen molar-refractivity contribution in [3.05, 3.63) is 42.1 Å². The number of aromatic amines is 1. The predicted molar refractivity (Wildman–Crippen MR) is 61.7 cm³/mol. The van der Waals surface area contributed by atoms with Crippen LogP contribution in [-0.4, -0.2) is 22.7 Å². The van der Waals surface area contributed by atoms with E-state index in [4.69, 9.17) is 5.73 Å². The Kier molecular flexibility index (Phi) is 3.49. The second-order valence-corrected chi connectivity index (χ2v) is 3.85. The topological polar surface area (TPSA) is 54.7 Å². The van der Waals surface area contributed by atoms with Crippen LogP contribution in [0.25, 0.3) is 11.3 Å². The fourth-order valence-corrected chi connectivity index (χ4v) is 1.57. The Hall–Kier alpha value is -1.75. The van der Waals surface area contributed by atoms with Crippen molar-refractivity contribution >= 4 is 0 Å². The minimum Gasteiger partial charge on any atom is -0.323 e. The first-order valence-electron chi connectivity index (χ1n) is 5.30. The SMILES string of the molecule is NC(Cc1cc(-c2ccccc2)n[nH]1)C(F)F. The average Bonchev–Trinajstić information content (AvgIpc) is 2.78. The van der Waals surface area contributed by atoms with Gasteiger partial charge in [0.1, 0.15) is 0 Å². The number of nitrogens with one attached hydrogen (secondary N) is 1. The zero-order valence-electron chi connectivity index (χ0n) is 9.11. The molecule has 0 aliphatic carbocycles.